The summed E-state index contributed by atoms with van der Waals surface area (Å²) >= 11 is 0. The first kappa shape index (κ1) is 16.8. The van der Waals surface area contributed by atoms with Gasteiger partial charge in [-0.3, -0.25) is 4.79 Å². The third kappa shape index (κ3) is 2.13. The zero-order valence-electron chi connectivity index (χ0n) is 15.3. The lowest BCUT2D eigenvalue weighted by atomic mass is 9.46. The normalized spacial score (nSPS) is 52.1. The Hall–Kier alpha value is -0.670. The SMILES string of the molecule is C[C@H](O)[C@@H]1[C@H](O)C[C@@H]2[C@H]3CCC4=CC(=O)CC[C@]4(C)[C@@H]3CC[C@]12C. The van der Waals surface area contributed by atoms with Gasteiger partial charge in [0.05, 0.1) is 12.2 Å². The smallest absolute Gasteiger partial charge is 0.155 e. The van der Waals surface area contributed by atoms with Crippen LogP contribution in [0.3, 0.4) is 0 Å². The van der Waals surface area contributed by atoms with Crippen molar-refractivity contribution in [1.29, 1.82) is 0 Å². The predicted octanol–water partition coefficient (Wildman–Crippen LogP) is 3.49. The lowest BCUT2D eigenvalue weighted by molar-refractivity contribution is -0.118. The van der Waals surface area contributed by atoms with Crippen LogP contribution in [-0.2, 0) is 4.79 Å². The first-order valence-electron chi connectivity index (χ1n) is 9.87. The number of aliphatic hydroxyl groups excluding tert-OH is 2. The summed E-state index contributed by atoms with van der Waals surface area (Å²) in [6, 6.07) is 0. The predicted molar refractivity (Wildman–Crippen MR) is 93.3 cm³/mol. The molecule has 4 aliphatic rings. The van der Waals surface area contributed by atoms with Crippen LogP contribution in [0, 0.1) is 34.5 Å². The van der Waals surface area contributed by atoms with Crippen molar-refractivity contribution in [3.63, 3.8) is 0 Å². The van der Waals surface area contributed by atoms with Crippen molar-refractivity contribution >= 4 is 5.78 Å². The molecule has 3 heteroatoms. The van der Waals surface area contributed by atoms with E-state index in [0.717, 1.165) is 32.1 Å². The van der Waals surface area contributed by atoms with Crippen LogP contribution < -0.4 is 0 Å². The van der Waals surface area contributed by atoms with Crippen molar-refractivity contribution in [3.05, 3.63) is 11.6 Å². The van der Waals surface area contributed by atoms with E-state index in [1.54, 1.807) is 0 Å². The van der Waals surface area contributed by atoms with Gasteiger partial charge in [-0.1, -0.05) is 19.4 Å². The van der Waals surface area contributed by atoms with E-state index in [-0.39, 0.29) is 22.9 Å². The fourth-order valence-electron chi connectivity index (χ4n) is 7.48. The summed E-state index contributed by atoms with van der Waals surface area (Å²) in [7, 11) is 0. The molecule has 0 radical (unpaired) electrons. The Bertz CT molecular complexity index is 580. The minimum Gasteiger partial charge on any atom is -0.393 e. The van der Waals surface area contributed by atoms with Crippen LogP contribution in [0.25, 0.3) is 0 Å². The lowest BCUT2D eigenvalue weighted by Gasteiger charge is -2.58. The standard InChI is InChI=1S/C21H32O3/c1-12(22)19-18(24)11-17-15-5-4-13-10-14(23)6-8-20(13,2)16(15)7-9-21(17,19)3/h10,12,15-19,22,24H,4-9,11H2,1-3H3/t12-,15-,16+,17+,18+,19+,20-,21-/m0/s1. The summed E-state index contributed by atoms with van der Waals surface area (Å²) in [5.41, 5.74) is 1.65. The van der Waals surface area contributed by atoms with Crippen LogP contribution in [0.5, 0.6) is 0 Å². The fraction of sp³-hybridized carbons (Fsp3) is 0.857. The van der Waals surface area contributed by atoms with Crippen LogP contribution in [0.2, 0.25) is 0 Å². The number of fused-ring (bicyclic) bond motifs is 5. The molecule has 0 amide bonds. The monoisotopic (exact) mass is 332 g/mol. The Morgan fingerprint density at radius 2 is 1.92 bits per heavy atom. The average Bonchev–Trinajstić information content (AvgIpc) is 2.78. The van der Waals surface area contributed by atoms with Crippen LogP contribution in [-0.4, -0.2) is 28.2 Å². The maximum absolute atomic E-state index is 11.9. The van der Waals surface area contributed by atoms with E-state index in [0.29, 0.717) is 30.0 Å². The Kier molecular flexibility index (Phi) is 3.78. The van der Waals surface area contributed by atoms with Gasteiger partial charge in [-0.15, -0.1) is 0 Å². The third-order valence-electron chi connectivity index (χ3n) is 8.59. The highest BCUT2D eigenvalue weighted by molar-refractivity contribution is 5.91. The van der Waals surface area contributed by atoms with Gasteiger partial charge >= 0.3 is 0 Å². The van der Waals surface area contributed by atoms with Gasteiger partial charge in [0.25, 0.3) is 0 Å². The third-order valence-corrected chi connectivity index (χ3v) is 8.59. The second kappa shape index (κ2) is 5.41. The maximum Gasteiger partial charge on any atom is 0.155 e. The van der Waals surface area contributed by atoms with Crippen molar-refractivity contribution in [3.8, 4) is 0 Å². The molecular formula is C21H32O3. The van der Waals surface area contributed by atoms with Crippen LogP contribution >= 0.6 is 0 Å². The molecule has 3 fully saturated rings. The van der Waals surface area contributed by atoms with Crippen LogP contribution in [0.15, 0.2) is 11.6 Å². The minimum atomic E-state index is -0.437. The van der Waals surface area contributed by atoms with Gasteiger partial charge in [0, 0.05) is 12.3 Å². The van der Waals surface area contributed by atoms with Gasteiger partial charge in [-0.25, -0.2) is 0 Å². The van der Waals surface area contributed by atoms with E-state index < -0.39 is 6.10 Å². The van der Waals surface area contributed by atoms with Crippen molar-refractivity contribution in [2.75, 3.05) is 0 Å². The Labute approximate surface area is 145 Å². The number of hydrogen-bond acceptors (Lipinski definition) is 3. The first-order valence-corrected chi connectivity index (χ1v) is 9.87. The van der Waals surface area contributed by atoms with Crippen LogP contribution in [0.4, 0.5) is 0 Å². The Morgan fingerprint density at radius 1 is 1.17 bits per heavy atom. The highest BCUT2D eigenvalue weighted by atomic mass is 16.3. The summed E-state index contributed by atoms with van der Waals surface area (Å²) in [6.45, 7) is 6.56. The molecule has 0 saturated heterocycles. The van der Waals surface area contributed by atoms with E-state index >= 15 is 0 Å². The molecule has 0 unspecified atom stereocenters. The van der Waals surface area contributed by atoms with E-state index in [9.17, 15) is 15.0 Å². The highest BCUT2D eigenvalue weighted by Crippen LogP contribution is 2.66. The van der Waals surface area contributed by atoms with Gasteiger partial charge in [0.1, 0.15) is 0 Å². The van der Waals surface area contributed by atoms with Gasteiger partial charge in [-0.05, 0) is 80.1 Å². The second-order valence-corrected chi connectivity index (χ2v) is 9.58. The number of carbonyl (C=O) groups excluding carboxylic acids is 1. The van der Waals surface area contributed by atoms with Crippen LogP contribution in [0.1, 0.15) is 65.7 Å². The molecule has 0 aliphatic heterocycles. The average molecular weight is 332 g/mol. The van der Waals surface area contributed by atoms with E-state index in [4.69, 9.17) is 0 Å². The van der Waals surface area contributed by atoms with Crippen molar-refractivity contribution in [2.24, 2.45) is 34.5 Å². The number of aliphatic hydroxyl groups is 2. The molecule has 3 saturated carbocycles. The summed E-state index contributed by atoms with van der Waals surface area (Å²) in [4.78, 5) is 11.9. The van der Waals surface area contributed by atoms with Gasteiger partial charge in [-0.2, -0.15) is 0 Å². The number of hydrogen-bond donors (Lipinski definition) is 2. The molecule has 4 rings (SSSR count). The molecule has 0 heterocycles. The summed E-state index contributed by atoms with van der Waals surface area (Å²) in [5, 5.41) is 20.9. The zero-order chi connectivity index (χ0) is 17.3. The molecule has 2 N–H and O–H groups in total. The van der Waals surface area contributed by atoms with E-state index in [1.165, 1.54) is 12.0 Å². The molecule has 0 aromatic carbocycles. The molecular weight excluding hydrogens is 300 g/mol. The quantitative estimate of drug-likeness (QED) is 0.773. The van der Waals surface area contributed by atoms with Gasteiger partial charge < -0.3 is 10.2 Å². The van der Waals surface area contributed by atoms with E-state index in [1.807, 2.05) is 13.0 Å². The molecule has 0 bridgehead atoms. The van der Waals surface area contributed by atoms with Gasteiger partial charge in [0.15, 0.2) is 5.78 Å². The summed E-state index contributed by atoms with van der Waals surface area (Å²) in [6.07, 6.45) is 8.18. The number of allylic oxidation sites excluding steroid dienone is 1. The van der Waals surface area contributed by atoms with Gasteiger partial charge in [0.2, 0.25) is 0 Å². The number of carbonyl (C=O) groups is 1. The molecule has 8 atom stereocenters. The highest BCUT2D eigenvalue weighted by Gasteiger charge is 2.61. The number of rotatable bonds is 1. The lowest BCUT2D eigenvalue weighted by Crippen LogP contribution is -2.51. The molecule has 0 aromatic rings. The Morgan fingerprint density at radius 3 is 2.62 bits per heavy atom. The van der Waals surface area contributed by atoms with E-state index in [2.05, 4.69) is 13.8 Å². The summed E-state index contributed by atoms with van der Waals surface area (Å²) < 4.78 is 0. The minimum absolute atomic E-state index is 0.0149. The molecule has 4 aliphatic carbocycles. The molecule has 134 valence electrons. The summed E-state index contributed by atoms with van der Waals surface area (Å²) in [5.74, 6) is 2.12. The second-order valence-electron chi connectivity index (χ2n) is 9.58. The first-order chi connectivity index (χ1) is 11.3. The molecule has 0 aromatic heterocycles. The molecule has 3 nitrogen and oxygen atoms in total. The fourth-order valence-corrected chi connectivity index (χ4v) is 7.48. The number of ketones is 1. The maximum atomic E-state index is 11.9. The van der Waals surface area contributed by atoms with Crippen molar-refractivity contribution in [2.45, 2.75) is 77.9 Å². The molecule has 24 heavy (non-hydrogen) atoms. The van der Waals surface area contributed by atoms with Crippen molar-refractivity contribution < 1.29 is 15.0 Å². The zero-order valence-corrected chi connectivity index (χ0v) is 15.3. The molecule has 0 spiro atoms. The Balaban J connectivity index is 1.68. The largest absolute Gasteiger partial charge is 0.393 e. The van der Waals surface area contributed by atoms with Crippen molar-refractivity contribution in [1.82, 2.24) is 0 Å². The topological polar surface area (TPSA) is 57.5 Å².